The summed E-state index contributed by atoms with van der Waals surface area (Å²) in [6.07, 6.45) is 5.29. The standard InChI is InChI=1S/C20H28N4O2/c1-3-5-12-26-20-14-19(17(21)13-18(20)22)23-15-6-8-16(9-7-15)24(4-2)10-11-25/h6-9,13-14,22,25H,3-5,10-12,21H2,1-2H3/b22-18?,23-19+. The second kappa shape index (κ2) is 9.77. The van der Waals surface area contributed by atoms with E-state index in [4.69, 9.17) is 21.0 Å². The number of anilines is 1. The highest BCUT2D eigenvalue weighted by atomic mass is 16.5. The van der Waals surface area contributed by atoms with Gasteiger partial charge in [-0.3, -0.25) is 5.41 Å². The van der Waals surface area contributed by atoms with E-state index in [2.05, 4.69) is 23.7 Å². The van der Waals surface area contributed by atoms with Crippen molar-refractivity contribution in [3.05, 3.63) is 47.9 Å². The van der Waals surface area contributed by atoms with Crippen LogP contribution < -0.4 is 10.6 Å². The predicted molar refractivity (Wildman–Crippen MR) is 107 cm³/mol. The fourth-order valence-corrected chi connectivity index (χ4v) is 2.60. The molecule has 2 rings (SSSR count). The van der Waals surface area contributed by atoms with Crippen molar-refractivity contribution in [2.75, 3.05) is 31.2 Å². The van der Waals surface area contributed by atoms with Gasteiger partial charge in [-0.15, -0.1) is 0 Å². The van der Waals surface area contributed by atoms with E-state index in [9.17, 15) is 0 Å². The van der Waals surface area contributed by atoms with Crippen LogP contribution in [-0.2, 0) is 4.74 Å². The maximum absolute atomic E-state index is 9.13. The largest absolute Gasteiger partial charge is 0.491 e. The molecule has 0 saturated heterocycles. The number of nitrogens with two attached hydrogens (primary N) is 1. The number of nitrogens with zero attached hydrogens (tertiary/aromatic N) is 2. The lowest BCUT2D eigenvalue weighted by atomic mass is 10.1. The quantitative estimate of drug-likeness (QED) is 0.468. The van der Waals surface area contributed by atoms with Gasteiger partial charge in [0.05, 0.1) is 36.0 Å². The van der Waals surface area contributed by atoms with Gasteiger partial charge in [0.1, 0.15) is 5.76 Å². The number of aliphatic imine (C=N–C) groups is 1. The first kappa shape index (κ1) is 19.7. The average Bonchev–Trinajstić information content (AvgIpc) is 2.64. The summed E-state index contributed by atoms with van der Waals surface area (Å²) in [6.45, 7) is 6.28. The molecular weight excluding hydrogens is 328 g/mol. The number of aliphatic hydroxyl groups is 1. The molecule has 1 aromatic rings. The maximum Gasteiger partial charge on any atom is 0.146 e. The lowest BCUT2D eigenvalue weighted by molar-refractivity contribution is 0.226. The van der Waals surface area contributed by atoms with Crippen molar-refractivity contribution in [2.24, 2.45) is 10.7 Å². The zero-order valence-corrected chi connectivity index (χ0v) is 15.5. The van der Waals surface area contributed by atoms with Gasteiger partial charge in [0.2, 0.25) is 0 Å². The molecule has 6 nitrogen and oxygen atoms in total. The zero-order chi connectivity index (χ0) is 18.9. The van der Waals surface area contributed by atoms with Crippen LogP contribution in [0, 0.1) is 5.41 Å². The van der Waals surface area contributed by atoms with Crippen molar-refractivity contribution in [3.63, 3.8) is 0 Å². The Hall–Kier alpha value is -2.60. The van der Waals surface area contributed by atoms with Crippen LogP contribution in [0.5, 0.6) is 0 Å². The van der Waals surface area contributed by atoms with Crippen LogP contribution >= 0.6 is 0 Å². The third-order valence-corrected chi connectivity index (χ3v) is 4.10. The number of benzene rings is 1. The topological polar surface area (TPSA) is 94.9 Å². The number of hydrogen-bond acceptors (Lipinski definition) is 6. The molecule has 1 aromatic carbocycles. The summed E-state index contributed by atoms with van der Waals surface area (Å²) in [5.74, 6) is 0.503. The molecule has 0 fully saturated rings. The molecule has 0 unspecified atom stereocenters. The number of allylic oxidation sites excluding steroid dienone is 2. The maximum atomic E-state index is 9.13. The third-order valence-electron chi connectivity index (χ3n) is 4.10. The molecule has 140 valence electrons. The Bertz CT molecular complexity index is 705. The van der Waals surface area contributed by atoms with Gasteiger partial charge in [0.15, 0.2) is 0 Å². The lowest BCUT2D eigenvalue weighted by Gasteiger charge is -2.22. The average molecular weight is 356 g/mol. The second-order valence-electron chi connectivity index (χ2n) is 6.04. The monoisotopic (exact) mass is 356 g/mol. The molecule has 26 heavy (non-hydrogen) atoms. The van der Waals surface area contributed by atoms with Gasteiger partial charge in [0, 0.05) is 24.9 Å². The Morgan fingerprint density at radius 2 is 1.92 bits per heavy atom. The summed E-state index contributed by atoms with van der Waals surface area (Å²) in [5, 5.41) is 17.1. The molecule has 0 atom stereocenters. The lowest BCUT2D eigenvalue weighted by Crippen LogP contribution is -2.25. The number of hydrogen-bond donors (Lipinski definition) is 3. The molecule has 0 saturated carbocycles. The van der Waals surface area contributed by atoms with E-state index >= 15 is 0 Å². The SMILES string of the molecule is CCCCOC1=C/C(=N\c2ccc(N(CC)CCO)cc2)C(N)=CC1=N. The number of rotatable bonds is 9. The van der Waals surface area contributed by atoms with Crippen molar-refractivity contribution in [2.45, 2.75) is 26.7 Å². The van der Waals surface area contributed by atoms with Crippen LogP contribution in [0.2, 0.25) is 0 Å². The first-order chi connectivity index (χ1) is 12.6. The second-order valence-corrected chi connectivity index (χ2v) is 6.04. The Morgan fingerprint density at radius 3 is 2.54 bits per heavy atom. The molecule has 0 aromatic heterocycles. The number of ether oxygens (including phenoxy) is 1. The molecule has 1 aliphatic rings. The van der Waals surface area contributed by atoms with Gasteiger partial charge in [-0.1, -0.05) is 13.3 Å². The van der Waals surface area contributed by atoms with Crippen LogP contribution in [0.15, 0.2) is 52.9 Å². The first-order valence-electron chi connectivity index (χ1n) is 9.04. The number of nitrogens with one attached hydrogen (secondary N) is 1. The molecule has 0 aliphatic heterocycles. The Morgan fingerprint density at radius 1 is 1.19 bits per heavy atom. The summed E-state index contributed by atoms with van der Waals surface area (Å²) < 4.78 is 5.67. The molecule has 4 N–H and O–H groups in total. The number of likely N-dealkylation sites (N-methyl/N-ethyl adjacent to an activating group) is 1. The van der Waals surface area contributed by atoms with E-state index in [1.165, 1.54) is 0 Å². The summed E-state index contributed by atoms with van der Waals surface area (Å²) in [6, 6.07) is 7.79. The summed E-state index contributed by atoms with van der Waals surface area (Å²) >= 11 is 0. The van der Waals surface area contributed by atoms with E-state index in [-0.39, 0.29) is 12.3 Å². The van der Waals surface area contributed by atoms with Crippen LogP contribution in [0.25, 0.3) is 0 Å². The highest BCUT2D eigenvalue weighted by molar-refractivity contribution is 6.22. The molecule has 0 heterocycles. The minimum Gasteiger partial charge on any atom is -0.491 e. The summed E-state index contributed by atoms with van der Waals surface area (Å²) in [4.78, 5) is 6.68. The first-order valence-corrected chi connectivity index (χ1v) is 9.04. The molecular formula is C20H28N4O2. The van der Waals surface area contributed by atoms with E-state index in [1.54, 1.807) is 12.2 Å². The van der Waals surface area contributed by atoms with Gasteiger partial charge >= 0.3 is 0 Å². The van der Waals surface area contributed by atoms with Gasteiger partial charge < -0.3 is 20.5 Å². The summed E-state index contributed by atoms with van der Waals surface area (Å²) in [5.41, 5.74) is 9.17. The number of aliphatic hydroxyl groups excluding tert-OH is 1. The van der Waals surface area contributed by atoms with Gasteiger partial charge in [-0.2, -0.15) is 0 Å². The van der Waals surface area contributed by atoms with Crippen molar-refractivity contribution in [1.82, 2.24) is 0 Å². The zero-order valence-electron chi connectivity index (χ0n) is 15.5. The number of unbranched alkanes of at least 4 members (excludes halogenated alkanes) is 1. The Balaban J connectivity index is 2.18. The van der Waals surface area contributed by atoms with Crippen LogP contribution in [0.3, 0.4) is 0 Å². The normalized spacial score (nSPS) is 15.7. The van der Waals surface area contributed by atoms with E-state index in [1.807, 2.05) is 24.3 Å². The molecule has 0 amide bonds. The van der Waals surface area contributed by atoms with Gasteiger partial charge in [0.25, 0.3) is 0 Å². The molecule has 0 spiro atoms. The molecule has 6 heteroatoms. The van der Waals surface area contributed by atoms with E-state index in [0.29, 0.717) is 30.3 Å². The fourth-order valence-electron chi connectivity index (χ4n) is 2.60. The Kier molecular flexibility index (Phi) is 7.41. The highest BCUT2D eigenvalue weighted by Crippen LogP contribution is 2.22. The van der Waals surface area contributed by atoms with Gasteiger partial charge in [-0.05, 0) is 43.7 Å². The van der Waals surface area contributed by atoms with Crippen LogP contribution in [0.4, 0.5) is 11.4 Å². The Labute approximate surface area is 155 Å². The molecule has 1 aliphatic carbocycles. The molecule has 0 bridgehead atoms. The van der Waals surface area contributed by atoms with E-state index < -0.39 is 0 Å². The van der Waals surface area contributed by atoms with Crippen LogP contribution in [-0.4, -0.2) is 42.8 Å². The minimum absolute atomic E-state index is 0.122. The van der Waals surface area contributed by atoms with Crippen molar-refractivity contribution in [1.29, 1.82) is 5.41 Å². The minimum atomic E-state index is 0.122. The van der Waals surface area contributed by atoms with Crippen molar-refractivity contribution in [3.8, 4) is 0 Å². The molecule has 0 radical (unpaired) electrons. The predicted octanol–water partition coefficient (Wildman–Crippen LogP) is 3.15. The fraction of sp³-hybridized carbons (Fsp3) is 0.400. The third kappa shape index (κ3) is 5.20. The van der Waals surface area contributed by atoms with Gasteiger partial charge in [-0.25, -0.2) is 4.99 Å². The van der Waals surface area contributed by atoms with E-state index in [0.717, 1.165) is 30.8 Å². The smallest absolute Gasteiger partial charge is 0.146 e. The van der Waals surface area contributed by atoms with Crippen LogP contribution in [0.1, 0.15) is 26.7 Å². The highest BCUT2D eigenvalue weighted by Gasteiger charge is 2.15. The van der Waals surface area contributed by atoms with Crippen molar-refractivity contribution < 1.29 is 9.84 Å². The van der Waals surface area contributed by atoms with Crippen molar-refractivity contribution >= 4 is 22.8 Å². The summed E-state index contributed by atoms with van der Waals surface area (Å²) in [7, 11) is 0.